The number of nitrogen functional groups attached to an aromatic ring is 1. The molecule has 1 aromatic heterocycles. The lowest BCUT2D eigenvalue weighted by atomic mass is 10.2. The zero-order valence-corrected chi connectivity index (χ0v) is 14.3. The molecule has 0 saturated carbocycles. The van der Waals surface area contributed by atoms with Gasteiger partial charge in [-0.25, -0.2) is 4.98 Å². The average molecular weight is 369 g/mol. The minimum Gasteiger partial charge on any atom is -0.382 e. The highest BCUT2D eigenvalue weighted by molar-refractivity contribution is 9.10. The highest BCUT2D eigenvalue weighted by Crippen LogP contribution is 2.28. The molecule has 0 spiro atoms. The van der Waals surface area contributed by atoms with Crippen LogP contribution in [-0.2, 0) is 0 Å². The summed E-state index contributed by atoms with van der Waals surface area (Å²) in [4.78, 5) is 16.9. The van der Waals surface area contributed by atoms with Crippen molar-refractivity contribution in [1.29, 1.82) is 0 Å². The predicted octanol–water partition coefficient (Wildman–Crippen LogP) is 3.87. The van der Waals surface area contributed by atoms with Crippen molar-refractivity contribution in [2.45, 2.75) is 20.3 Å². The molecule has 0 aliphatic carbocycles. The van der Waals surface area contributed by atoms with Crippen molar-refractivity contribution in [3.63, 3.8) is 0 Å². The first kappa shape index (κ1) is 15.8. The highest BCUT2D eigenvalue weighted by Gasteiger charge is 2.17. The van der Waals surface area contributed by atoms with Gasteiger partial charge in [0.15, 0.2) is 5.13 Å². The summed E-state index contributed by atoms with van der Waals surface area (Å²) in [5.74, 6) is 0.0134. The van der Waals surface area contributed by atoms with Crippen molar-refractivity contribution in [2.75, 3.05) is 22.9 Å². The number of hydrogen-bond acceptors (Lipinski definition) is 5. The molecular formula is C14H17BrN4OS. The van der Waals surface area contributed by atoms with Gasteiger partial charge >= 0.3 is 0 Å². The van der Waals surface area contributed by atoms with Crippen molar-refractivity contribution in [3.05, 3.63) is 33.1 Å². The van der Waals surface area contributed by atoms with E-state index in [1.165, 1.54) is 11.3 Å². The van der Waals surface area contributed by atoms with Gasteiger partial charge in [-0.3, -0.25) is 4.79 Å². The van der Waals surface area contributed by atoms with Crippen LogP contribution in [0.2, 0.25) is 0 Å². The average Bonchev–Trinajstić information content (AvgIpc) is 2.83. The summed E-state index contributed by atoms with van der Waals surface area (Å²) in [5, 5.41) is 6.68. The van der Waals surface area contributed by atoms with E-state index in [2.05, 4.69) is 38.5 Å². The summed E-state index contributed by atoms with van der Waals surface area (Å²) < 4.78 is 0.947. The first-order chi connectivity index (χ1) is 10.0. The summed E-state index contributed by atoms with van der Waals surface area (Å²) in [6.45, 7) is 4.80. The molecule has 112 valence electrons. The molecule has 21 heavy (non-hydrogen) atoms. The van der Waals surface area contributed by atoms with Crippen LogP contribution in [0.4, 0.5) is 16.6 Å². The molecule has 0 aliphatic heterocycles. The lowest BCUT2D eigenvalue weighted by molar-refractivity contribution is 0.103. The zero-order chi connectivity index (χ0) is 15.4. The van der Waals surface area contributed by atoms with Gasteiger partial charge in [-0.2, -0.15) is 0 Å². The molecule has 2 aromatic rings. The summed E-state index contributed by atoms with van der Waals surface area (Å²) in [6, 6.07) is 5.65. The summed E-state index contributed by atoms with van der Waals surface area (Å²) in [6.07, 6.45) is 0.984. The number of nitrogens with two attached hydrogens (primary N) is 1. The van der Waals surface area contributed by atoms with E-state index in [4.69, 9.17) is 5.73 Å². The number of anilines is 3. The third kappa shape index (κ3) is 3.74. The van der Waals surface area contributed by atoms with Crippen molar-refractivity contribution < 1.29 is 4.79 Å². The number of amides is 1. The minimum atomic E-state index is -0.240. The standard InChI is InChI=1S/C14H17BrN4OS/c1-3-7-17-14-19-12(16)11(21-14)13(20)18-10-6-4-5-9(15)8(10)2/h4-6H,3,7,16H2,1-2H3,(H,17,19)(H,18,20). The van der Waals surface area contributed by atoms with Crippen LogP contribution in [0, 0.1) is 6.92 Å². The molecule has 1 aromatic carbocycles. The fourth-order valence-corrected chi connectivity index (χ4v) is 2.90. The SMILES string of the molecule is CCCNc1nc(N)c(C(=O)Nc2cccc(Br)c2C)s1. The second-order valence-electron chi connectivity index (χ2n) is 4.53. The largest absolute Gasteiger partial charge is 0.382 e. The molecule has 5 nitrogen and oxygen atoms in total. The van der Waals surface area contributed by atoms with Gasteiger partial charge in [0.05, 0.1) is 0 Å². The number of rotatable bonds is 5. The van der Waals surface area contributed by atoms with Gasteiger partial charge in [-0.05, 0) is 31.0 Å². The molecule has 0 fully saturated rings. The number of nitrogens with zero attached hydrogens (tertiary/aromatic N) is 1. The molecule has 1 amide bonds. The van der Waals surface area contributed by atoms with E-state index in [1.54, 1.807) is 0 Å². The van der Waals surface area contributed by atoms with E-state index in [0.717, 1.165) is 28.7 Å². The Labute approximate surface area is 136 Å². The Morgan fingerprint density at radius 1 is 1.48 bits per heavy atom. The molecule has 2 rings (SSSR count). The molecule has 0 aliphatic rings. The van der Waals surface area contributed by atoms with E-state index in [-0.39, 0.29) is 11.7 Å². The van der Waals surface area contributed by atoms with E-state index in [0.29, 0.717) is 10.0 Å². The van der Waals surface area contributed by atoms with Crippen molar-refractivity contribution >= 4 is 49.8 Å². The summed E-state index contributed by atoms with van der Waals surface area (Å²) in [7, 11) is 0. The monoisotopic (exact) mass is 368 g/mol. The van der Waals surface area contributed by atoms with Gasteiger partial charge < -0.3 is 16.4 Å². The zero-order valence-electron chi connectivity index (χ0n) is 11.9. The van der Waals surface area contributed by atoms with E-state index < -0.39 is 0 Å². The quantitative estimate of drug-likeness (QED) is 0.748. The summed E-state index contributed by atoms with van der Waals surface area (Å²) >= 11 is 4.71. The Morgan fingerprint density at radius 3 is 2.95 bits per heavy atom. The molecular weight excluding hydrogens is 352 g/mol. The van der Waals surface area contributed by atoms with Gasteiger partial charge in [0.1, 0.15) is 10.7 Å². The molecule has 0 bridgehead atoms. The number of thiazole rings is 1. The topological polar surface area (TPSA) is 80.0 Å². The maximum absolute atomic E-state index is 12.3. The van der Waals surface area contributed by atoms with E-state index >= 15 is 0 Å². The van der Waals surface area contributed by atoms with Gasteiger partial charge in [0, 0.05) is 16.7 Å². The molecule has 0 atom stereocenters. The fourth-order valence-electron chi connectivity index (χ4n) is 1.72. The molecule has 1 heterocycles. The first-order valence-electron chi connectivity index (χ1n) is 6.59. The van der Waals surface area contributed by atoms with Gasteiger partial charge in [0.2, 0.25) is 0 Å². The molecule has 0 unspecified atom stereocenters. The number of benzene rings is 1. The Bertz CT molecular complexity index is 656. The molecule has 0 saturated heterocycles. The van der Waals surface area contributed by atoms with E-state index in [9.17, 15) is 4.79 Å². The van der Waals surface area contributed by atoms with Crippen molar-refractivity contribution in [2.24, 2.45) is 0 Å². The Hall–Kier alpha value is -1.60. The van der Waals surface area contributed by atoms with Crippen LogP contribution in [-0.4, -0.2) is 17.4 Å². The summed E-state index contributed by atoms with van der Waals surface area (Å²) in [5.41, 5.74) is 7.55. The normalized spacial score (nSPS) is 10.4. The maximum atomic E-state index is 12.3. The lowest BCUT2D eigenvalue weighted by Gasteiger charge is -2.08. The highest BCUT2D eigenvalue weighted by atomic mass is 79.9. The van der Waals surface area contributed by atoms with Crippen LogP contribution in [0.5, 0.6) is 0 Å². The second-order valence-corrected chi connectivity index (χ2v) is 6.38. The Balaban J connectivity index is 2.16. The number of carbonyl (C=O) groups is 1. The molecule has 0 radical (unpaired) electrons. The van der Waals surface area contributed by atoms with Crippen LogP contribution in [0.1, 0.15) is 28.6 Å². The Morgan fingerprint density at radius 2 is 2.24 bits per heavy atom. The van der Waals surface area contributed by atoms with Gasteiger partial charge in [-0.15, -0.1) is 0 Å². The van der Waals surface area contributed by atoms with Crippen molar-refractivity contribution in [3.8, 4) is 0 Å². The Kier molecular flexibility index (Phi) is 5.19. The third-order valence-corrected chi connectivity index (χ3v) is 4.79. The second kappa shape index (κ2) is 6.91. The number of halogens is 1. The van der Waals surface area contributed by atoms with Gasteiger partial charge in [0.25, 0.3) is 5.91 Å². The predicted molar refractivity (Wildman–Crippen MR) is 92.1 cm³/mol. The number of carbonyl (C=O) groups excluding carboxylic acids is 1. The smallest absolute Gasteiger partial charge is 0.269 e. The van der Waals surface area contributed by atoms with E-state index in [1.807, 2.05) is 25.1 Å². The number of nitrogens with one attached hydrogen (secondary N) is 2. The molecule has 7 heteroatoms. The third-order valence-electron chi connectivity index (χ3n) is 2.90. The van der Waals surface area contributed by atoms with Crippen LogP contribution in [0.15, 0.2) is 22.7 Å². The fraction of sp³-hybridized carbons (Fsp3) is 0.286. The van der Waals surface area contributed by atoms with Crippen LogP contribution >= 0.6 is 27.3 Å². The maximum Gasteiger partial charge on any atom is 0.269 e. The van der Waals surface area contributed by atoms with Crippen LogP contribution in [0.25, 0.3) is 0 Å². The minimum absolute atomic E-state index is 0.240. The first-order valence-corrected chi connectivity index (χ1v) is 8.20. The molecule has 4 N–H and O–H groups in total. The van der Waals surface area contributed by atoms with Gasteiger partial charge in [-0.1, -0.05) is 40.3 Å². The number of aromatic nitrogens is 1. The van der Waals surface area contributed by atoms with Crippen LogP contribution in [0.3, 0.4) is 0 Å². The lowest BCUT2D eigenvalue weighted by Crippen LogP contribution is -2.13. The van der Waals surface area contributed by atoms with Crippen LogP contribution < -0.4 is 16.4 Å². The number of hydrogen-bond donors (Lipinski definition) is 3. The van der Waals surface area contributed by atoms with Crippen molar-refractivity contribution in [1.82, 2.24) is 4.98 Å².